The number of nitrogens with one attached hydrogen (secondary N) is 1. The van der Waals surface area contributed by atoms with E-state index >= 15 is 0 Å². The molecule has 0 unspecified atom stereocenters. The van der Waals surface area contributed by atoms with Crippen LogP contribution in [0.5, 0.6) is 5.75 Å². The predicted molar refractivity (Wildman–Crippen MR) is 133 cm³/mol. The minimum absolute atomic E-state index is 0.00485. The summed E-state index contributed by atoms with van der Waals surface area (Å²) in [5.74, 6) is -0.362. The van der Waals surface area contributed by atoms with Gasteiger partial charge >= 0.3 is 0 Å². The van der Waals surface area contributed by atoms with Crippen LogP contribution in [0.25, 0.3) is 0 Å². The summed E-state index contributed by atoms with van der Waals surface area (Å²) in [6.07, 6.45) is 0.636. The Morgan fingerprint density at radius 3 is 2.38 bits per heavy atom. The zero-order valence-electron chi connectivity index (χ0n) is 18.6. The number of ether oxygens (including phenoxy) is 1. The number of halogens is 1. The van der Waals surface area contributed by atoms with E-state index in [4.69, 9.17) is 17.0 Å². The van der Waals surface area contributed by atoms with Crippen molar-refractivity contribution in [1.29, 1.82) is 0 Å². The van der Waals surface area contributed by atoms with Crippen molar-refractivity contribution in [3.63, 3.8) is 0 Å². The molecule has 1 atom stereocenters. The topological polar surface area (TPSA) is 61.9 Å². The summed E-state index contributed by atoms with van der Waals surface area (Å²) >= 11 is 5.64. The molecule has 174 valence electrons. The van der Waals surface area contributed by atoms with E-state index in [-0.39, 0.29) is 24.1 Å². The number of amides is 2. The van der Waals surface area contributed by atoms with Crippen LogP contribution in [-0.2, 0) is 16.0 Å². The first-order chi connectivity index (χ1) is 16.5. The molecule has 1 fully saturated rings. The van der Waals surface area contributed by atoms with Crippen molar-refractivity contribution < 1.29 is 18.7 Å². The van der Waals surface area contributed by atoms with Gasteiger partial charge in [0.1, 0.15) is 17.6 Å². The van der Waals surface area contributed by atoms with Gasteiger partial charge in [-0.2, -0.15) is 0 Å². The molecule has 1 N–H and O–H groups in total. The van der Waals surface area contributed by atoms with Crippen molar-refractivity contribution in [3.05, 3.63) is 90.2 Å². The molecule has 0 bridgehead atoms. The van der Waals surface area contributed by atoms with Crippen LogP contribution in [0.15, 0.2) is 78.9 Å². The van der Waals surface area contributed by atoms with Crippen molar-refractivity contribution in [3.8, 4) is 5.75 Å². The van der Waals surface area contributed by atoms with Crippen LogP contribution in [0, 0.1) is 5.82 Å². The van der Waals surface area contributed by atoms with Crippen LogP contribution in [0.3, 0.4) is 0 Å². The molecular formula is C26H24FN3O3S. The number of anilines is 2. The van der Waals surface area contributed by atoms with Gasteiger partial charge in [0.25, 0.3) is 5.91 Å². The Kier molecular flexibility index (Phi) is 7.18. The van der Waals surface area contributed by atoms with Gasteiger partial charge in [-0.3, -0.25) is 9.59 Å². The highest BCUT2D eigenvalue weighted by molar-refractivity contribution is 7.80. The first-order valence-corrected chi connectivity index (χ1v) is 11.2. The van der Waals surface area contributed by atoms with E-state index in [0.29, 0.717) is 35.2 Å². The van der Waals surface area contributed by atoms with Gasteiger partial charge in [-0.15, -0.1) is 0 Å². The number of benzene rings is 3. The van der Waals surface area contributed by atoms with E-state index in [0.717, 1.165) is 5.56 Å². The average Bonchev–Trinajstić information content (AvgIpc) is 3.15. The van der Waals surface area contributed by atoms with Crippen LogP contribution < -0.4 is 15.0 Å². The lowest BCUT2D eigenvalue weighted by atomic mass is 10.1. The zero-order valence-corrected chi connectivity index (χ0v) is 19.4. The molecule has 3 aromatic carbocycles. The van der Waals surface area contributed by atoms with E-state index in [1.807, 2.05) is 30.3 Å². The van der Waals surface area contributed by atoms with Crippen LogP contribution in [0.4, 0.5) is 15.8 Å². The first kappa shape index (κ1) is 23.4. The second-order valence-corrected chi connectivity index (χ2v) is 8.24. The fourth-order valence-corrected chi connectivity index (χ4v) is 4.22. The van der Waals surface area contributed by atoms with Gasteiger partial charge in [-0.05, 0) is 72.7 Å². The Labute approximate surface area is 202 Å². The highest BCUT2D eigenvalue weighted by atomic mass is 32.1. The zero-order chi connectivity index (χ0) is 24.1. The minimum Gasteiger partial charge on any atom is -0.497 e. The summed E-state index contributed by atoms with van der Waals surface area (Å²) in [5, 5.41) is 3.38. The third-order valence-corrected chi connectivity index (χ3v) is 6.01. The Morgan fingerprint density at radius 2 is 1.74 bits per heavy atom. The van der Waals surface area contributed by atoms with Gasteiger partial charge in [0.2, 0.25) is 5.91 Å². The molecule has 0 saturated carbocycles. The summed E-state index contributed by atoms with van der Waals surface area (Å²) in [7, 11) is 1.55. The molecule has 0 spiro atoms. The maximum Gasteiger partial charge on any atom is 0.257 e. The molecule has 1 aliphatic rings. The lowest BCUT2D eigenvalue weighted by molar-refractivity contribution is -0.122. The van der Waals surface area contributed by atoms with Crippen molar-refractivity contribution in [2.24, 2.45) is 0 Å². The van der Waals surface area contributed by atoms with Crippen molar-refractivity contribution >= 4 is 40.5 Å². The van der Waals surface area contributed by atoms with Crippen molar-refractivity contribution in [2.75, 3.05) is 23.9 Å². The van der Waals surface area contributed by atoms with Gasteiger partial charge in [0, 0.05) is 12.2 Å². The van der Waals surface area contributed by atoms with Gasteiger partial charge in [-0.1, -0.05) is 30.3 Å². The van der Waals surface area contributed by atoms with Crippen molar-refractivity contribution in [1.82, 2.24) is 4.90 Å². The maximum atomic E-state index is 13.4. The summed E-state index contributed by atoms with van der Waals surface area (Å²) in [6.45, 7) is 0.428. The minimum atomic E-state index is -0.751. The Morgan fingerprint density at radius 1 is 1.06 bits per heavy atom. The molecule has 0 aliphatic carbocycles. The standard InChI is InChI=1S/C26H24FN3O3S/c1-33-22-13-11-21(12-14-22)30-24(31)17-23(25(30)32)29(16-15-18-5-3-2-4-6-18)26(34)28-20-9-7-19(27)8-10-20/h2-14,23H,15-17H2,1H3,(H,28,34)/t23-/m1/s1. The van der Waals surface area contributed by atoms with Gasteiger partial charge in [-0.25, -0.2) is 9.29 Å². The number of hydrogen-bond acceptors (Lipinski definition) is 4. The third-order valence-electron chi connectivity index (χ3n) is 5.67. The Balaban J connectivity index is 1.57. The number of rotatable bonds is 7. The largest absolute Gasteiger partial charge is 0.497 e. The quantitative estimate of drug-likeness (QED) is 0.402. The number of carbonyl (C=O) groups is 2. The molecule has 1 saturated heterocycles. The van der Waals surface area contributed by atoms with Gasteiger partial charge in [0.05, 0.1) is 19.2 Å². The normalized spacial score (nSPS) is 15.4. The highest BCUT2D eigenvalue weighted by Gasteiger charge is 2.43. The molecule has 0 radical (unpaired) electrons. The SMILES string of the molecule is COc1ccc(N2C(=O)C[C@@H](N(CCc3ccccc3)C(=S)Nc3ccc(F)cc3)C2=O)cc1. The van der Waals surface area contributed by atoms with E-state index in [1.54, 1.807) is 48.4 Å². The molecule has 6 nitrogen and oxygen atoms in total. The molecule has 8 heteroatoms. The number of imide groups is 1. The number of nitrogens with zero attached hydrogens (tertiary/aromatic N) is 2. The van der Waals surface area contributed by atoms with Gasteiger partial charge in [0.15, 0.2) is 5.11 Å². The van der Waals surface area contributed by atoms with Gasteiger partial charge < -0.3 is 15.0 Å². The Bertz CT molecular complexity index is 1170. The molecule has 4 rings (SSSR count). The number of hydrogen-bond donors (Lipinski definition) is 1. The van der Waals surface area contributed by atoms with E-state index in [1.165, 1.54) is 17.0 Å². The van der Waals surface area contributed by atoms with Crippen LogP contribution >= 0.6 is 12.2 Å². The summed E-state index contributed by atoms with van der Waals surface area (Å²) < 4.78 is 18.5. The molecule has 3 aromatic rings. The average molecular weight is 478 g/mol. The van der Waals surface area contributed by atoms with Crippen molar-refractivity contribution in [2.45, 2.75) is 18.9 Å². The molecule has 0 aromatic heterocycles. The van der Waals surface area contributed by atoms with Crippen LogP contribution in [0.1, 0.15) is 12.0 Å². The number of carbonyl (C=O) groups excluding carboxylic acids is 2. The summed E-state index contributed by atoms with van der Waals surface area (Å²) in [5.41, 5.74) is 2.17. The summed E-state index contributed by atoms with van der Waals surface area (Å²) in [4.78, 5) is 29.2. The Hall–Kier alpha value is -3.78. The van der Waals surface area contributed by atoms with Crippen LogP contribution in [0.2, 0.25) is 0 Å². The second kappa shape index (κ2) is 10.4. The molecule has 1 heterocycles. The number of methoxy groups -OCH3 is 1. The van der Waals surface area contributed by atoms with E-state index < -0.39 is 6.04 Å². The third kappa shape index (κ3) is 5.23. The smallest absolute Gasteiger partial charge is 0.257 e. The van der Waals surface area contributed by atoms with E-state index in [2.05, 4.69) is 5.32 Å². The molecule has 2 amide bonds. The monoisotopic (exact) mass is 477 g/mol. The summed E-state index contributed by atoms with van der Waals surface area (Å²) in [6, 6.07) is 21.7. The lowest BCUT2D eigenvalue weighted by Gasteiger charge is -2.30. The first-order valence-electron chi connectivity index (χ1n) is 10.8. The lowest BCUT2D eigenvalue weighted by Crippen LogP contribution is -2.48. The highest BCUT2D eigenvalue weighted by Crippen LogP contribution is 2.28. The molecule has 1 aliphatic heterocycles. The maximum absolute atomic E-state index is 13.4. The molecular weight excluding hydrogens is 453 g/mol. The fourth-order valence-electron chi connectivity index (χ4n) is 3.88. The fraction of sp³-hybridized carbons (Fsp3) is 0.192. The second-order valence-electron chi connectivity index (χ2n) is 7.85. The number of thiocarbonyl (C=S) groups is 1. The molecule has 34 heavy (non-hydrogen) atoms. The van der Waals surface area contributed by atoms with E-state index in [9.17, 15) is 14.0 Å². The predicted octanol–water partition coefficient (Wildman–Crippen LogP) is 4.41. The van der Waals surface area contributed by atoms with Crippen LogP contribution in [-0.4, -0.2) is 41.5 Å².